The molecule has 0 spiro atoms. The second-order valence-corrected chi connectivity index (χ2v) is 4.96. The van der Waals surface area contributed by atoms with Crippen molar-refractivity contribution < 1.29 is 23.2 Å². The average Bonchev–Trinajstić information content (AvgIpc) is 2.54. The first-order valence-corrected chi connectivity index (χ1v) is 6.94. The Morgan fingerprint density at radius 2 is 1.92 bits per heavy atom. The van der Waals surface area contributed by atoms with E-state index in [0.29, 0.717) is 5.69 Å². The molecule has 0 aliphatic rings. The molecule has 0 saturated carbocycles. The van der Waals surface area contributed by atoms with Crippen LogP contribution in [0.4, 0.5) is 20.2 Å². The number of carbonyl (C=O) groups is 1. The third-order valence-corrected chi connectivity index (χ3v) is 3.09. The predicted octanol–water partition coefficient (Wildman–Crippen LogP) is 1.75. The number of hydrogen-bond acceptors (Lipinski definition) is 4. The maximum Gasteiger partial charge on any atom is 0.272 e. The molecule has 0 aromatic heterocycles. The van der Waals surface area contributed by atoms with Crippen molar-refractivity contribution in [1.82, 2.24) is 0 Å². The number of rotatable bonds is 6. The second kappa shape index (κ2) is 7.54. The van der Waals surface area contributed by atoms with Gasteiger partial charge in [-0.25, -0.2) is 8.78 Å². The fourth-order valence-electron chi connectivity index (χ4n) is 1.92. The highest BCUT2D eigenvalue weighted by atomic mass is 19.3. The Balaban J connectivity index is 2.29. The average molecular weight is 334 g/mol. The molecule has 1 amide bonds. The van der Waals surface area contributed by atoms with E-state index < -0.39 is 23.9 Å². The maximum absolute atomic E-state index is 12.3. The smallest absolute Gasteiger partial charge is 0.272 e. The van der Waals surface area contributed by atoms with Crippen molar-refractivity contribution >= 4 is 30.6 Å². The number of nitro groups is 1. The number of nitrogens with one attached hydrogen (secondary N) is 1. The van der Waals surface area contributed by atoms with Gasteiger partial charge in [-0.05, 0) is 18.2 Å². The molecule has 0 aliphatic carbocycles. The highest BCUT2D eigenvalue weighted by Gasteiger charge is 2.19. The van der Waals surface area contributed by atoms with Gasteiger partial charge in [0.1, 0.15) is 20.2 Å². The number of carbonyl (C=O) groups excluding carboxylic acids is 1. The van der Waals surface area contributed by atoms with Gasteiger partial charge in [-0.1, -0.05) is 17.6 Å². The largest absolute Gasteiger partial charge is 0.487 e. The lowest BCUT2D eigenvalue weighted by molar-refractivity contribution is -0.384. The minimum atomic E-state index is -2.73. The molecule has 0 atom stereocenters. The summed E-state index contributed by atoms with van der Waals surface area (Å²) in [5.74, 6) is -0.836. The Hall–Kier alpha value is -2.97. The summed E-state index contributed by atoms with van der Waals surface area (Å²) >= 11 is 0. The van der Waals surface area contributed by atoms with Crippen LogP contribution in [0.5, 0.6) is 5.75 Å². The van der Waals surface area contributed by atoms with Gasteiger partial charge >= 0.3 is 0 Å². The molecule has 0 radical (unpaired) electrons. The Bertz CT molecular complexity index is 754. The lowest BCUT2D eigenvalue weighted by Gasteiger charge is -2.11. The van der Waals surface area contributed by atoms with E-state index >= 15 is 0 Å². The molecule has 2 rings (SSSR count). The molecule has 9 heteroatoms. The van der Waals surface area contributed by atoms with Crippen molar-refractivity contribution in [3.05, 3.63) is 58.1 Å². The van der Waals surface area contributed by atoms with E-state index in [2.05, 4.69) is 5.32 Å². The van der Waals surface area contributed by atoms with Crippen LogP contribution in [-0.2, 0) is 0 Å². The molecule has 2 aromatic carbocycles. The van der Waals surface area contributed by atoms with E-state index in [1.807, 2.05) is 7.85 Å². The number of amides is 1. The highest BCUT2D eigenvalue weighted by Crippen LogP contribution is 2.25. The summed E-state index contributed by atoms with van der Waals surface area (Å²) in [7, 11) is 1.88. The van der Waals surface area contributed by atoms with Gasteiger partial charge in [-0.2, -0.15) is 0 Å². The molecule has 0 bridgehead atoms. The van der Waals surface area contributed by atoms with Gasteiger partial charge in [0.05, 0.1) is 10.5 Å². The van der Waals surface area contributed by atoms with Crippen LogP contribution in [0.25, 0.3) is 0 Å². The molecule has 0 fully saturated rings. The van der Waals surface area contributed by atoms with E-state index in [-0.39, 0.29) is 17.0 Å². The zero-order valence-electron chi connectivity index (χ0n) is 12.7. The first-order valence-electron chi connectivity index (χ1n) is 6.94. The number of nitrogens with zero attached hydrogens (tertiary/aromatic N) is 1. The highest BCUT2D eigenvalue weighted by molar-refractivity contribution is 6.32. The monoisotopic (exact) mass is 334 g/mol. The van der Waals surface area contributed by atoms with Crippen LogP contribution < -0.4 is 15.5 Å². The lowest BCUT2D eigenvalue weighted by Crippen LogP contribution is -2.16. The third kappa shape index (κ3) is 4.51. The summed E-state index contributed by atoms with van der Waals surface area (Å²) in [6.07, 6.45) is -2.73. The quantitative estimate of drug-likeness (QED) is 0.496. The Kier molecular flexibility index (Phi) is 5.46. The molecule has 2 aromatic rings. The maximum atomic E-state index is 12.3. The number of non-ortho nitro benzene ring substituents is 1. The summed E-state index contributed by atoms with van der Waals surface area (Å²) < 4.78 is 29.5. The van der Waals surface area contributed by atoms with Crippen molar-refractivity contribution in [3.63, 3.8) is 0 Å². The number of hydrogen-bond donors (Lipinski definition) is 1. The molecule has 24 heavy (non-hydrogen) atoms. The predicted molar refractivity (Wildman–Crippen MR) is 87.2 cm³/mol. The standard InChI is InChI=1S/C15H13BF2N2O4/c16-9-1-3-10(4-2-9)19-15(21)12-7-11(20(22)23)5-6-13(12)24-8-14(17)18/h1-7,14H,8,16H2,(H,19,21). The van der Waals surface area contributed by atoms with Crippen LogP contribution in [0.2, 0.25) is 0 Å². The molecule has 124 valence electrons. The number of halogens is 2. The van der Waals surface area contributed by atoms with Crippen molar-refractivity contribution in [2.75, 3.05) is 11.9 Å². The zero-order valence-corrected chi connectivity index (χ0v) is 12.7. The van der Waals surface area contributed by atoms with E-state index in [0.717, 1.165) is 23.7 Å². The number of nitro benzene ring substituents is 1. The molecule has 1 N–H and O–H groups in total. The van der Waals surface area contributed by atoms with E-state index in [9.17, 15) is 23.7 Å². The van der Waals surface area contributed by atoms with Crippen LogP contribution >= 0.6 is 0 Å². The van der Waals surface area contributed by atoms with Gasteiger partial charge in [0, 0.05) is 17.8 Å². The minimum Gasteiger partial charge on any atom is -0.487 e. The first-order chi connectivity index (χ1) is 11.4. The molecular weight excluding hydrogens is 321 g/mol. The second-order valence-electron chi connectivity index (χ2n) is 4.96. The molecular formula is C15H13BF2N2O4. The van der Waals surface area contributed by atoms with E-state index in [1.54, 1.807) is 24.3 Å². The summed E-state index contributed by atoms with van der Waals surface area (Å²) in [6, 6.07) is 10.1. The van der Waals surface area contributed by atoms with Gasteiger partial charge in [0.15, 0.2) is 0 Å². The third-order valence-electron chi connectivity index (χ3n) is 3.09. The lowest BCUT2D eigenvalue weighted by atomic mass is 9.96. The van der Waals surface area contributed by atoms with Crippen LogP contribution in [0.15, 0.2) is 42.5 Å². The Morgan fingerprint density at radius 1 is 1.25 bits per heavy atom. The molecule has 0 saturated heterocycles. The summed E-state index contributed by atoms with van der Waals surface area (Å²) in [5, 5.41) is 13.4. The summed E-state index contributed by atoms with van der Waals surface area (Å²) in [6.45, 7) is -0.914. The fourth-order valence-corrected chi connectivity index (χ4v) is 1.92. The summed E-state index contributed by atoms with van der Waals surface area (Å²) in [5.41, 5.74) is 0.931. The van der Waals surface area contributed by atoms with Crippen molar-refractivity contribution in [2.24, 2.45) is 0 Å². The van der Waals surface area contributed by atoms with E-state index in [1.165, 1.54) is 0 Å². The van der Waals surface area contributed by atoms with Gasteiger partial charge < -0.3 is 10.1 Å². The number of alkyl halides is 2. The van der Waals surface area contributed by atoms with Crippen molar-refractivity contribution in [3.8, 4) is 5.75 Å². The first kappa shape index (κ1) is 17.4. The SMILES string of the molecule is Bc1ccc(NC(=O)c2cc([N+](=O)[O-])ccc2OCC(F)F)cc1. The van der Waals surface area contributed by atoms with Gasteiger partial charge in [-0.15, -0.1) is 0 Å². The minimum absolute atomic E-state index is 0.148. The van der Waals surface area contributed by atoms with E-state index in [4.69, 9.17) is 4.74 Å². The van der Waals surface area contributed by atoms with Crippen LogP contribution in [-0.4, -0.2) is 31.7 Å². The number of ether oxygens (including phenoxy) is 1. The number of anilines is 1. The molecule has 0 unspecified atom stereocenters. The Morgan fingerprint density at radius 3 is 2.50 bits per heavy atom. The molecule has 0 aliphatic heterocycles. The van der Waals surface area contributed by atoms with Gasteiger partial charge in [-0.3, -0.25) is 14.9 Å². The topological polar surface area (TPSA) is 81.5 Å². The molecule has 0 heterocycles. The zero-order chi connectivity index (χ0) is 17.7. The van der Waals surface area contributed by atoms with Crippen molar-refractivity contribution in [1.29, 1.82) is 0 Å². The molecule has 6 nitrogen and oxygen atoms in total. The van der Waals surface area contributed by atoms with Crippen LogP contribution in [0, 0.1) is 10.1 Å². The summed E-state index contributed by atoms with van der Waals surface area (Å²) in [4.78, 5) is 22.5. The normalized spacial score (nSPS) is 10.5. The fraction of sp³-hybridized carbons (Fsp3) is 0.133. The van der Waals surface area contributed by atoms with Gasteiger partial charge in [0.25, 0.3) is 18.0 Å². The van der Waals surface area contributed by atoms with Crippen LogP contribution in [0.1, 0.15) is 10.4 Å². The Labute approximate surface area is 137 Å². The van der Waals surface area contributed by atoms with Gasteiger partial charge in [0.2, 0.25) is 0 Å². The van der Waals surface area contributed by atoms with Crippen LogP contribution in [0.3, 0.4) is 0 Å². The number of benzene rings is 2. The van der Waals surface area contributed by atoms with Crippen molar-refractivity contribution in [2.45, 2.75) is 6.43 Å².